The minimum atomic E-state index is 0.186. The van der Waals surface area contributed by atoms with Gasteiger partial charge in [0.25, 0.3) is 0 Å². The van der Waals surface area contributed by atoms with Crippen molar-refractivity contribution in [2.24, 2.45) is 0 Å². The molecule has 0 aromatic carbocycles. The summed E-state index contributed by atoms with van der Waals surface area (Å²) in [4.78, 5) is 4.54. The Bertz CT molecular complexity index is 348. The number of hydrogen-bond donors (Lipinski definition) is 0. The fourth-order valence-electron chi connectivity index (χ4n) is 1.86. The number of halogens is 1. The van der Waals surface area contributed by atoms with Crippen molar-refractivity contribution in [3.05, 3.63) is 28.0 Å². The molecule has 0 saturated heterocycles. The second-order valence-corrected chi connectivity index (χ2v) is 5.93. The van der Waals surface area contributed by atoms with Crippen molar-refractivity contribution in [2.75, 3.05) is 0 Å². The Kier molecular flexibility index (Phi) is 2.42. The maximum atomic E-state index is 4.54. The van der Waals surface area contributed by atoms with Crippen molar-refractivity contribution in [3.63, 3.8) is 0 Å². The van der Waals surface area contributed by atoms with Gasteiger partial charge < -0.3 is 0 Å². The summed E-state index contributed by atoms with van der Waals surface area (Å²) in [7, 11) is 0. The summed E-state index contributed by atoms with van der Waals surface area (Å²) < 4.78 is 1.21. The van der Waals surface area contributed by atoms with Crippen LogP contribution in [0.15, 0.2) is 16.7 Å². The van der Waals surface area contributed by atoms with Gasteiger partial charge in [-0.05, 0) is 29.9 Å². The highest BCUT2D eigenvalue weighted by atomic mass is 79.9. The molecular formula is C12H16BrN. The highest BCUT2D eigenvalue weighted by Crippen LogP contribution is 2.45. The normalized spacial score (nSPS) is 17.1. The lowest BCUT2D eigenvalue weighted by Crippen LogP contribution is -2.16. The minimum absolute atomic E-state index is 0.186. The van der Waals surface area contributed by atoms with Gasteiger partial charge in [0.2, 0.25) is 0 Å². The molecule has 0 radical (unpaired) electrons. The van der Waals surface area contributed by atoms with Crippen LogP contribution in [0.5, 0.6) is 0 Å². The Morgan fingerprint density at radius 1 is 1.36 bits per heavy atom. The van der Waals surface area contributed by atoms with Crippen molar-refractivity contribution >= 4 is 15.9 Å². The Hall–Kier alpha value is -0.370. The SMILES string of the molecule is CC(C)(C)c1c(Br)ccnc1C1CC1. The van der Waals surface area contributed by atoms with E-state index in [4.69, 9.17) is 0 Å². The zero-order chi connectivity index (χ0) is 10.3. The van der Waals surface area contributed by atoms with Crippen LogP contribution in [0.25, 0.3) is 0 Å². The zero-order valence-corrected chi connectivity index (χ0v) is 10.6. The van der Waals surface area contributed by atoms with Gasteiger partial charge in [0.1, 0.15) is 0 Å². The maximum Gasteiger partial charge on any atom is 0.0483 e. The minimum Gasteiger partial charge on any atom is -0.261 e. The average molecular weight is 254 g/mol. The summed E-state index contributed by atoms with van der Waals surface area (Å²) in [6, 6.07) is 2.05. The first kappa shape index (κ1) is 10.2. The van der Waals surface area contributed by atoms with Gasteiger partial charge in [0.15, 0.2) is 0 Å². The Balaban J connectivity index is 2.53. The Morgan fingerprint density at radius 2 is 2.00 bits per heavy atom. The summed E-state index contributed by atoms with van der Waals surface area (Å²) in [5, 5.41) is 0. The average Bonchev–Trinajstić information content (AvgIpc) is 2.83. The molecule has 1 aliphatic rings. The number of pyridine rings is 1. The van der Waals surface area contributed by atoms with Gasteiger partial charge in [-0.3, -0.25) is 4.98 Å². The molecule has 14 heavy (non-hydrogen) atoms. The standard InChI is InChI=1S/C12H16BrN/c1-12(2,3)10-9(13)6-7-14-11(10)8-4-5-8/h6-8H,4-5H2,1-3H3. The second-order valence-electron chi connectivity index (χ2n) is 5.08. The lowest BCUT2D eigenvalue weighted by molar-refractivity contribution is 0.574. The third-order valence-electron chi connectivity index (χ3n) is 2.64. The predicted octanol–water partition coefficient (Wildman–Crippen LogP) is 4.02. The van der Waals surface area contributed by atoms with E-state index < -0.39 is 0 Å². The molecule has 1 saturated carbocycles. The fraction of sp³-hybridized carbons (Fsp3) is 0.583. The van der Waals surface area contributed by atoms with Crippen LogP contribution >= 0.6 is 15.9 Å². The first-order valence-electron chi connectivity index (χ1n) is 5.15. The van der Waals surface area contributed by atoms with E-state index in [1.165, 1.54) is 28.6 Å². The van der Waals surface area contributed by atoms with E-state index >= 15 is 0 Å². The van der Waals surface area contributed by atoms with Crippen LogP contribution in [0.2, 0.25) is 0 Å². The molecule has 1 aromatic rings. The third kappa shape index (κ3) is 1.85. The summed E-state index contributed by atoms with van der Waals surface area (Å²) in [6.07, 6.45) is 4.53. The fourth-order valence-corrected chi connectivity index (χ4v) is 2.78. The molecule has 0 N–H and O–H groups in total. The lowest BCUT2D eigenvalue weighted by atomic mass is 9.85. The van der Waals surface area contributed by atoms with Crippen molar-refractivity contribution in [2.45, 2.75) is 44.9 Å². The van der Waals surface area contributed by atoms with E-state index in [-0.39, 0.29) is 5.41 Å². The van der Waals surface area contributed by atoms with E-state index in [9.17, 15) is 0 Å². The highest BCUT2D eigenvalue weighted by Gasteiger charge is 2.32. The maximum absolute atomic E-state index is 4.54. The molecule has 1 aliphatic carbocycles. The number of nitrogens with zero attached hydrogens (tertiary/aromatic N) is 1. The van der Waals surface area contributed by atoms with E-state index in [1.807, 2.05) is 12.3 Å². The van der Waals surface area contributed by atoms with Crippen molar-refractivity contribution < 1.29 is 0 Å². The summed E-state index contributed by atoms with van der Waals surface area (Å²) in [5.74, 6) is 0.724. The molecule has 0 amide bonds. The van der Waals surface area contributed by atoms with E-state index in [0.717, 1.165) is 5.92 Å². The largest absolute Gasteiger partial charge is 0.261 e. The molecule has 76 valence electrons. The molecule has 2 rings (SSSR count). The van der Waals surface area contributed by atoms with Crippen LogP contribution < -0.4 is 0 Å². The molecule has 0 bridgehead atoms. The zero-order valence-electron chi connectivity index (χ0n) is 8.97. The number of hydrogen-bond acceptors (Lipinski definition) is 1. The summed E-state index contributed by atoms with van der Waals surface area (Å²) in [5.41, 5.74) is 2.89. The third-order valence-corrected chi connectivity index (χ3v) is 3.30. The molecule has 0 unspecified atom stereocenters. The van der Waals surface area contributed by atoms with Crippen molar-refractivity contribution in [1.82, 2.24) is 4.98 Å². The number of aromatic nitrogens is 1. The van der Waals surface area contributed by atoms with Crippen molar-refractivity contribution in [1.29, 1.82) is 0 Å². The van der Waals surface area contributed by atoms with E-state index in [1.54, 1.807) is 0 Å². The van der Waals surface area contributed by atoms with Gasteiger partial charge >= 0.3 is 0 Å². The first-order valence-corrected chi connectivity index (χ1v) is 5.94. The highest BCUT2D eigenvalue weighted by molar-refractivity contribution is 9.10. The van der Waals surface area contributed by atoms with Crippen LogP contribution in [-0.2, 0) is 5.41 Å². The van der Waals surface area contributed by atoms with Crippen LogP contribution in [0.3, 0.4) is 0 Å². The Morgan fingerprint density at radius 3 is 2.50 bits per heavy atom. The molecule has 1 aromatic heterocycles. The van der Waals surface area contributed by atoms with Crippen molar-refractivity contribution in [3.8, 4) is 0 Å². The molecule has 1 nitrogen and oxygen atoms in total. The predicted molar refractivity (Wildman–Crippen MR) is 62.6 cm³/mol. The van der Waals surface area contributed by atoms with E-state index in [2.05, 4.69) is 41.7 Å². The lowest BCUT2D eigenvalue weighted by Gasteiger charge is -2.23. The summed E-state index contributed by atoms with van der Waals surface area (Å²) >= 11 is 3.64. The van der Waals surface area contributed by atoms with Crippen LogP contribution in [-0.4, -0.2) is 4.98 Å². The molecule has 1 fully saturated rings. The number of rotatable bonds is 1. The van der Waals surface area contributed by atoms with Crippen LogP contribution in [0.4, 0.5) is 0 Å². The van der Waals surface area contributed by atoms with Gasteiger partial charge in [-0.15, -0.1) is 0 Å². The van der Waals surface area contributed by atoms with Gasteiger partial charge in [-0.1, -0.05) is 36.7 Å². The first-order chi connectivity index (χ1) is 6.50. The molecule has 0 aliphatic heterocycles. The topological polar surface area (TPSA) is 12.9 Å². The van der Waals surface area contributed by atoms with E-state index in [0.29, 0.717) is 0 Å². The van der Waals surface area contributed by atoms with Crippen LogP contribution in [0.1, 0.15) is 50.8 Å². The van der Waals surface area contributed by atoms with Gasteiger partial charge in [-0.2, -0.15) is 0 Å². The second kappa shape index (κ2) is 3.34. The summed E-state index contributed by atoms with van der Waals surface area (Å²) in [6.45, 7) is 6.75. The molecule has 0 spiro atoms. The Labute approximate surface area is 94.1 Å². The quantitative estimate of drug-likeness (QED) is 0.737. The molecule has 2 heteroatoms. The molecule has 1 heterocycles. The molecular weight excluding hydrogens is 238 g/mol. The smallest absolute Gasteiger partial charge is 0.0483 e. The van der Waals surface area contributed by atoms with Crippen LogP contribution in [0, 0.1) is 0 Å². The molecule has 0 atom stereocenters. The van der Waals surface area contributed by atoms with Gasteiger partial charge in [0.05, 0.1) is 0 Å². The van der Waals surface area contributed by atoms with Gasteiger partial charge in [0, 0.05) is 22.3 Å². The monoisotopic (exact) mass is 253 g/mol. The van der Waals surface area contributed by atoms with Gasteiger partial charge in [-0.25, -0.2) is 0 Å².